The van der Waals surface area contributed by atoms with Crippen molar-refractivity contribution in [2.45, 2.75) is 39.2 Å². The number of hydrogen-bond acceptors (Lipinski definition) is 3. The summed E-state index contributed by atoms with van der Waals surface area (Å²) in [6.07, 6.45) is 0.0696. The van der Waals surface area contributed by atoms with Crippen LogP contribution in [0.2, 0.25) is 0 Å². The van der Waals surface area contributed by atoms with Crippen molar-refractivity contribution in [3.05, 3.63) is 29.8 Å². The van der Waals surface area contributed by atoms with Crippen LogP contribution in [0.1, 0.15) is 33.3 Å². The zero-order chi connectivity index (χ0) is 12.2. The molecule has 1 aromatic carbocycles. The molecule has 3 heteroatoms. The van der Waals surface area contributed by atoms with E-state index >= 15 is 0 Å². The van der Waals surface area contributed by atoms with Crippen LogP contribution in [-0.4, -0.2) is 12.6 Å². The third kappa shape index (κ3) is 3.83. The normalized spacial score (nSPS) is 13.6. The average molecular weight is 222 g/mol. The Morgan fingerprint density at radius 2 is 2.06 bits per heavy atom. The van der Waals surface area contributed by atoms with Crippen molar-refractivity contribution in [1.82, 2.24) is 5.43 Å². The molecule has 16 heavy (non-hydrogen) atoms. The summed E-state index contributed by atoms with van der Waals surface area (Å²) in [5.41, 5.74) is 4.03. The lowest BCUT2D eigenvalue weighted by Crippen LogP contribution is -2.33. The molecule has 0 aromatic heterocycles. The lowest BCUT2D eigenvalue weighted by atomic mass is 9.87. The van der Waals surface area contributed by atoms with E-state index in [9.17, 15) is 0 Å². The standard InChI is InChI=1S/C13H22N2O/c1-10(9-15-14)16-12-7-5-6-11(8-12)13(2,3)4/h5-8,10,15H,9,14H2,1-4H3. The number of hydrazine groups is 1. The van der Waals surface area contributed by atoms with Crippen LogP contribution in [-0.2, 0) is 5.41 Å². The first-order valence-electron chi connectivity index (χ1n) is 5.64. The predicted molar refractivity (Wildman–Crippen MR) is 67.4 cm³/mol. The zero-order valence-electron chi connectivity index (χ0n) is 10.6. The van der Waals surface area contributed by atoms with Gasteiger partial charge in [0, 0.05) is 6.54 Å². The SMILES string of the molecule is CC(CNN)Oc1cccc(C(C)(C)C)c1. The molecule has 1 rings (SSSR count). The monoisotopic (exact) mass is 222 g/mol. The fraction of sp³-hybridized carbons (Fsp3) is 0.538. The second-order valence-corrected chi connectivity index (χ2v) is 5.11. The van der Waals surface area contributed by atoms with Crippen LogP contribution in [0.5, 0.6) is 5.75 Å². The molecule has 0 bridgehead atoms. The summed E-state index contributed by atoms with van der Waals surface area (Å²) in [6.45, 7) is 9.20. The van der Waals surface area contributed by atoms with Crippen molar-refractivity contribution in [1.29, 1.82) is 0 Å². The Morgan fingerprint density at radius 3 is 2.62 bits per heavy atom. The van der Waals surface area contributed by atoms with Gasteiger partial charge in [-0.25, -0.2) is 0 Å². The third-order valence-electron chi connectivity index (χ3n) is 2.44. The van der Waals surface area contributed by atoms with E-state index in [1.807, 2.05) is 19.1 Å². The maximum atomic E-state index is 5.75. The molecule has 0 radical (unpaired) electrons. The summed E-state index contributed by atoms with van der Waals surface area (Å²) in [4.78, 5) is 0. The van der Waals surface area contributed by atoms with Gasteiger partial charge in [-0.1, -0.05) is 32.9 Å². The van der Waals surface area contributed by atoms with Crippen LogP contribution in [0.4, 0.5) is 0 Å². The first-order valence-corrected chi connectivity index (χ1v) is 5.64. The lowest BCUT2D eigenvalue weighted by molar-refractivity contribution is 0.217. The van der Waals surface area contributed by atoms with Gasteiger partial charge in [0.25, 0.3) is 0 Å². The van der Waals surface area contributed by atoms with E-state index in [1.165, 1.54) is 5.56 Å². The molecule has 0 aliphatic heterocycles. The van der Waals surface area contributed by atoms with Crippen molar-refractivity contribution < 1.29 is 4.74 Å². The highest BCUT2D eigenvalue weighted by Crippen LogP contribution is 2.25. The second-order valence-electron chi connectivity index (χ2n) is 5.11. The topological polar surface area (TPSA) is 47.3 Å². The summed E-state index contributed by atoms with van der Waals surface area (Å²) in [6, 6.07) is 8.21. The fourth-order valence-corrected chi connectivity index (χ4v) is 1.48. The van der Waals surface area contributed by atoms with Gasteiger partial charge in [-0.3, -0.25) is 11.3 Å². The Kier molecular flexibility index (Phi) is 4.33. The van der Waals surface area contributed by atoms with E-state index in [0.29, 0.717) is 6.54 Å². The van der Waals surface area contributed by atoms with Gasteiger partial charge >= 0.3 is 0 Å². The minimum absolute atomic E-state index is 0.0696. The Morgan fingerprint density at radius 1 is 1.38 bits per heavy atom. The minimum Gasteiger partial charge on any atom is -0.489 e. The van der Waals surface area contributed by atoms with E-state index in [2.05, 4.69) is 38.3 Å². The highest BCUT2D eigenvalue weighted by molar-refractivity contribution is 5.32. The summed E-state index contributed by atoms with van der Waals surface area (Å²) in [7, 11) is 0. The largest absolute Gasteiger partial charge is 0.489 e. The molecule has 0 saturated carbocycles. The molecule has 3 N–H and O–H groups in total. The predicted octanol–water partition coefficient (Wildman–Crippen LogP) is 2.21. The molecule has 1 atom stereocenters. The molecule has 0 heterocycles. The number of nitrogens with one attached hydrogen (secondary N) is 1. The van der Waals surface area contributed by atoms with Crippen LogP contribution in [0.3, 0.4) is 0 Å². The molecular weight excluding hydrogens is 200 g/mol. The summed E-state index contributed by atoms with van der Waals surface area (Å²) < 4.78 is 5.75. The van der Waals surface area contributed by atoms with Crippen LogP contribution in [0, 0.1) is 0 Å². The van der Waals surface area contributed by atoms with Crippen molar-refractivity contribution in [3.8, 4) is 5.75 Å². The molecule has 3 nitrogen and oxygen atoms in total. The van der Waals surface area contributed by atoms with Crippen LogP contribution >= 0.6 is 0 Å². The van der Waals surface area contributed by atoms with Crippen molar-refractivity contribution in [2.24, 2.45) is 5.84 Å². The number of benzene rings is 1. The van der Waals surface area contributed by atoms with E-state index in [1.54, 1.807) is 0 Å². The van der Waals surface area contributed by atoms with Gasteiger partial charge in [-0.05, 0) is 30.0 Å². The smallest absolute Gasteiger partial charge is 0.120 e. The first-order chi connectivity index (χ1) is 7.43. The molecule has 1 unspecified atom stereocenters. The summed E-state index contributed by atoms with van der Waals surface area (Å²) >= 11 is 0. The summed E-state index contributed by atoms with van der Waals surface area (Å²) in [5.74, 6) is 6.15. The zero-order valence-corrected chi connectivity index (χ0v) is 10.6. The molecule has 90 valence electrons. The Balaban J connectivity index is 2.75. The van der Waals surface area contributed by atoms with Gasteiger partial charge in [-0.2, -0.15) is 0 Å². The molecule has 1 aromatic rings. The van der Waals surface area contributed by atoms with Crippen molar-refractivity contribution in [2.75, 3.05) is 6.54 Å². The van der Waals surface area contributed by atoms with Gasteiger partial charge in [0.1, 0.15) is 11.9 Å². The highest BCUT2D eigenvalue weighted by atomic mass is 16.5. The maximum Gasteiger partial charge on any atom is 0.120 e. The highest BCUT2D eigenvalue weighted by Gasteiger charge is 2.14. The van der Waals surface area contributed by atoms with Crippen LogP contribution in [0.15, 0.2) is 24.3 Å². The van der Waals surface area contributed by atoms with E-state index in [-0.39, 0.29) is 11.5 Å². The number of ether oxygens (including phenoxy) is 1. The molecule has 0 fully saturated rings. The summed E-state index contributed by atoms with van der Waals surface area (Å²) in [5, 5.41) is 0. The minimum atomic E-state index is 0.0696. The Hall–Kier alpha value is -1.06. The van der Waals surface area contributed by atoms with E-state index < -0.39 is 0 Å². The molecule has 0 saturated heterocycles. The molecule has 0 aliphatic carbocycles. The van der Waals surface area contributed by atoms with Crippen LogP contribution in [0.25, 0.3) is 0 Å². The Labute approximate surface area is 98.0 Å². The third-order valence-corrected chi connectivity index (χ3v) is 2.44. The van der Waals surface area contributed by atoms with Crippen molar-refractivity contribution in [3.63, 3.8) is 0 Å². The molecule has 0 aliphatic rings. The van der Waals surface area contributed by atoms with E-state index in [4.69, 9.17) is 10.6 Å². The molecular formula is C13H22N2O. The number of hydrogen-bond donors (Lipinski definition) is 2. The average Bonchev–Trinajstić information content (AvgIpc) is 2.17. The lowest BCUT2D eigenvalue weighted by Gasteiger charge is -2.21. The van der Waals surface area contributed by atoms with Crippen molar-refractivity contribution >= 4 is 0 Å². The number of nitrogens with two attached hydrogens (primary N) is 1. The fourth-order valence-electron chi connectivity index (χ4n) is 1.48. The second kappa shape index (κ2) is 5.32. The molecule has 0 amide bonds. The Bertz CT molecular complexity index is 331. The van der Waals surface area contributed by atoms with Gasteiger partial charge in [0.05, 0.1) is 0 Å². The van der Waals surface area contributed by atoms with Crippen LogP contribution < -0.4 is 16.0 Å². The first kappa shape index (κ1) is 13.0. The maximum absolute atomic E-state index is 5.75. The van der Waals surface area contributed by atoms with Gasteiger partial charge in [-0.15, -0.1) is 0 Å². The molecule has 0 spiro atoms. The van der Waals surface area contributed by atoms with Gasteiger partial charge in [0.15, 0.2) is 0 Å². The van der Waals surface area contributed by atoms with Gasteiger partial charge in [0.2, 0.25) is 0 Å². The van der Waals surface area contributed by atoms with E-state index in [0.717, 1.165) is 5.75 Å². The number of rotatable bonds is 4. The van der Waals surface area contributed by atoms with Gasteiger partial charge < -0.3 is 4.74 Å². The quantitative estimate of drug-likeness (QED) is 0.606.